The van der Waals surface area contributed by atoms with Gasteiger partial charge in [0, 0.05) is 7.05 Å². The van der Waals surface area contributed by atoms with E-state index in [9.17, 15) is 17.8 Å². The fraction of sp³-hybridized carbons (Fsp3) is 0.333. The number of nitrogens with zero attached hydrogens (tertiary/aromatic N) is 2. The first kappa shape index (κ1) is 12.8. The largest absolute Gasteiger partial charge is 0.731 e. The molecule has 0 unspecified atom stereocenters. The summed E-state index contributed by atoms with van der Waals surface area (Å²) in [5, 5.41) is 0.316. The standard InChI is InChI=1S/C6H10N4O4S2/c1-10-5(11)3(9-16(12,13)14)4(7)8-6(10)15-2/h9H,7H2,1-2H3,(H,12,13,14)/p-1. The molecule has 0 atom stereocenters. The van der Waals surface area contributed by atoms with Gasteiger partial charge in [0.2, 0.25) is 0 Å². The zero-order chi connectivity index (χ0) is 12.5. The molecular formula is C6H9N4O4S2-. The van der Waals surface area contributed by atoms with Crippen molar-refractivity contribution >= 4 is 33.6 Å². The minimum absolute atomic E-state index is 0.316. The van der Waals surface area contributed by atoms with Crippen molar-refractivity contribution in [2.24, 2.45) is 7.05 Å². The molecule has 0 fully saturated rings. The lowest BCUT2D eigenvalue weighted by atomic mass is 10.5. The number of nitrogen functional groups attached to an aromatic ring is 1. The van der Waals surface area contributed by atoms with E-state index in [4.69, 9.17) is 5.73 Å². The van der Waals surface area contributed by atoms with Crippen LogP contribution in [0.4, 0.5) is 11.5 Å². The summed E-state index contributed by atoms with van der Waals surface area (Å²) in [6.07, 6.45) is 1.68. The van der Waals surface area contributed by atoms with Gasteiger partial charge in [0.25, 0.3) is 5.56 Å². The van der Waals surface area contributed by atoms with E-state index in [0.29, 0.717) is 5.16 Å². The van der Waals surface area contributed by atoms with Crippen LogP contribution in [-0.2, 0) is 17.4 Å². The summed E-state index contributed by atoms with van der Waals surface area (Å²) < 4.78 is 34.0. The zero-order valence-electron chi connectivity index (χ0n) is 8.42. The number of thioether (sulfide) groups is 1. The van der Waals surface area contributed by atoms with Crippen molar-refractivity contribution < 1.29 is 13.0 Å². The summed E-state index contributed by atoms with van der Waals surface area (Å²) >= 11 is 1.17. The fourth-order valence-electron chi connectivity index (χ4n) is 1.00. The van der Waals surface area contributed by atoms with E-state index in [-0.39, 0.29) is 5.82 Å². The monoisotopic (exact) mass is 265 g/mol. The molecule has 1 aromatic heterocycles. The Morgan fingerprint density at radius 2 is 2.12 bits per heavy atom. The Morgan fingerprint density at radius 3 is 2.56 bits per heavy atom. The van der Waals surface area contributed by atoms with Crippen LogP contribution in [0.1, 0.15) is 0 Å². The van der Waals surface area contributed by atoms with E-state index in [0.717, 1.165) is 4.57 Å². The summed E-state index contributed by atoms with van der Waals surface area (Å²) in [5.74, 6) is -0.327. The van der Waals surface area contributed by atoms with Crippen LogP contribution >= 0.6 is 11.8 Å². The van der Waals surface area contributed by atoms with E-state index < -0.39 is 21.6 Å². The van der Waals surface area contributed by atoms with Crippen LogP contribution in [0.2, 0.25) is 0 Å². The van der Waals surface area contributed by atoms with Gasteiger partial charge in [0.05, 0.1) is 0 Å². The molecule has 0 aliphatic carbocycles. The lowest BCUT2D eigenvalue weighted by Crippen LogP contribution is -2.27. The first-order valence-corrected chi connectivity index (χ1v) is 6.53. The Labute approximate surface area is 95.7 Å². The van der Waals surface area contributed by atoms with Gasteiger partial charge in [-0.3, -0.25) is 14.1 Å². The van der Waals surface area contributed by atoms with Crippen LogP contribution < -0.4 is 16.0 Å². The second-order valence-electron chi connectivity index (χ2n) is 2.78. The van der Waals surface area contributed by atoms with Crippen LogP contribution in [0.5, 0.6) is 0 Å². The summed E-state index contributed by atoms with van der Waals surface area (Å²) in [7, 11) is -3.41. The summed E-state index contributed by atoms with van der Waals surface area (Å²) in [4.78, 5) is 15.4. The maximum absolute atomic E-state index is 11.6. The topological polar surface area (TPSA) is 130 Å². The smallest absolute Gasteiger partial charge is 0.280 e. The third kappa shape index (κ3) is 2.65. The summed E-state index contributed by atoms with van der Waals surface area (Å²) in [6, 6.07) is 0. The van der Waals surface area contributed by atoms with Gasteiger partial charge in [-0.05, 0) is 6.26 Å². The SMILES string of the molecule is CSc1nc(N)c(NS(=O)(=O)[O-])c(=O)n1C. The maximum atomic E-state index is 11.6. The molecule has 16 heavy (non-hydrogen) atoms. The van der Waals surface area contributed by atoms with Gasteiger partial charge in [0.15, 0.2) is 27.0 Å². The highest BCUT2D eigenvalue weighted by Gasteiger charge is 2.13. The van der Waals surface area contributed by atoms with Crippen molar-refractivity contribution in [3.63, 3.8) is 0 Å². The first-order valence-electron chi connectivity index (χ1n) is 3.90. The van der Waals surface area contributed by atoms with E-state index >= 15 is 0 Å². The van der Waals surface area contributed by atoms with Crippen LogP contribution in [0.25, 0.3) is 0 Å². The molecule has 0 aliphatic heterocycles. The third-order valence-corrected chi connectivity index (χ3v) is 2.87. The molecule has 0 bridgehead atoms. The molecule has 3 N–H and O–H groups in total. The lowest BCUT2D eigenvalue weighted by Gasteiger charge is -2.13. The highest BCUT2D eigenvalue weighted by molar-refractivity contribution is 7.98. The molecule has 0 aliphatic rings. The van der Waals surface area contributed by atoms with Gasteiger partial charge >= 0.3 is 0 Å². The molecule has 1 aromatic rings. The lowest BCUT2D eigenvalue weighted by molar-refractivity contribution is 0.469. The van der Waals surface area contributed by atoms with Gasteiger partial charge in [-0.2, -0.15) is 0 Å². The quantitative estimate of drug-likeness (QED) is 0.405. The molecule has 0 aromatic carbocycles. The molecule has 1 rings (SSSR count). The number of hydrogen-bond donors (Lipinski definition) is 2. The van der Waals surface area contributed by atoms with Crippen LogP contribution in [0, 0.1) is 0 Å². The van der Waals surface area contributed by atoms with Gasteiger partial charge < -0.3 is 10.3 Å². The van der Waals surface area contributed by atoms with Gasteiger partial charge in [-0.1, -0.05) is 11.8 Å². The molecule has 8 nitrogen and oxygen atoms in total. The third-order valence-electron chi connectivity index (χ3n) is 1.69. The molecule has 1 heterocycles. The minimum Gasteiger partial charge on any atom is -0.731 e. The number of nitrogens with one attached hydrogen (secondary N) is 1. The highest BCUT2D eigenvalue weighted by atomic mass is 32.2. The number of anilines is 2. The van der Waals surface area contributed by atoms with E-state index in [1.807, 2.05) is 0 Å². The Bertz CT molecular complexity index is 565. The predicted octanol–water partition coefficient (Wildman–Crippen LogP) is -1.04. The summed E-state index contributed by atoms with van der Waals surface area (Å²) in [6.45, 7) is 0. The van der Waals surface area contributed by atoms with Gasteiger partial charge in [-0.15, -0.1) is 0 Å². The molecule has 0 saturated carbocycles. The number of aromatic nitrogens is 2. The second kappa shape index (κ2) is 4.31. The van der Waals surface area contributed by atoms with Crippen molar-refractivity contribution in [1.82, 2.24) is 9.55 Å². The molecule has 0 spiro atoms. The van der Waals surface area contributed by atoms with E-state index in [2.05, 4.69) is 4.98 Å². The molecule has 90 valence electrons. The molecule has 0 saturated heterocycles. The minimum atomic E-state index is -4.80. The van der Waals surface area contributed by atoms with Crippen LogP contribution in [0.3, 0.4) is 0 Å². The van der Waals surface area contributed by atoms with Crippen molar-refractivity contribution in [3.05, 3.63) is 10.4 Å². The average molecular weight is 265 g/mol. The highest BCUT2D eigenvalue weighted by Crippen LogP contribution is 2.16. The van der Waals surface area contributed by atoms with Crippen molar-refractivity contribution in [2.45, 2.75) is 5.16 Å². The van der Waals surface area contributed by atoms with E-state index in [1.165, 1.54) is 23.5 Å². The Balaban J connectivity index is 3.43. The number of hydrogen-bond acceptors (Lipinski definition) is 7. The van der Waals surface area contributed by atoms with Crippen molar-refractivity contribution in [3.8, 4) is 0 Å². The predicted molar refractivity (Wildman–Crippen MR) is 59.0 cm³/mol. The molecule has 0 amide bonds. The van der Waals surface area contributed by atoms with Gasteiger partial charge in [0.1, 0.15) is 0 Å². The number of nitrogens with two attached hydrogens (primary N) is 1. The maximum Gasteiger partial charge on any atom is 0.280 e. The first-order chi connectivity index (χ1) is 7.26. The van der Waals surface area contributed by atoms with Gasteiger partial charge in [-0.25, -0.2) is 13.4 Å². The Hall–Kier alpha value is -1.26. The average Bonchev–Trinajstić information content (AvgIpc) is 2.17. The van der Waals surface area contributed by atoms with Crippen LogP contribution in [-0.4, -0.2) is 28.8 Å². The Morgan fingerprint density at radius 1 is 1.56 bits per heavy atom. The zero-order valence-corrected chi connectivity index (χ0v) is 10.1. The number of rotatable bonds is 3. The van der Waals surface area contributed by atoms with Crippen LogP contribution in [0.15, 0.2) is 9.95 Å². The second-order valence-corrected chi connectivity index (χ2v) is 4.66. The molecular weight excluding hydrogens is 256 g/mol. The van der Waals surface area contributed by atoms with Crippen molar-refractivity contribution in [1.29, 1.82) is 0 Å². The molecule has 10 heteroatoms. The Kier molecular flexibility index (Phi) is 3.45. The molecule has 0 radical (unpaired) electrons. The normalized spacial score (nSPS) is 11.4. The van der Waals surface area contributed by atoms with E-state index in [1.54, 1.807) is 6.26 Å². The summed E-state index contributed by atoms with van der Waals surface area (Å²) in [5.41, 5.74) is 4.11. The van der Waals surface area contributed by atoms with Crippen molar-refractivity contribution in [2.75, 3.05) is 16.7 Å². The fourth-order valence-corrected chi connectivity index (χ4v) is 1.99.